The molecule has 0 radical (unpaired) electrons. The molecule has 0 unspecified atom stereocenters. The predicted molar refractivity (Wildman–Crippen MR) is 104 cm³/mol. The van der Waals surface area contributed by atoms with Crippen LogP contribution in [0.1, 0.15) is 25.0 Å². The van der Waals surface area contributed by atoms with Gasteiger partial charge in [-0.15, -0.1) is 0 Å². The summed E-state index contributed by atoms with van der Waals surface area (Å²) in [6.07, 6.45) is 0.695. The Morgan fingerprint density at radius 2 is 1.58 bits per heavy atom. The van der Waals surface area contributed by atoms with Crippen molar-refractivity contribution in [2.24, 2.45) is 0 Å². The predicted octanol–water partition coefficient (Wildman–Crippen LogP) is 3.36. The molecule has 138 valence electrons. The first kappa shape index (κ1) is 18.5. The smallest absolute Gasteiger partial charge is 0.227 e. The van der Waals surface area contributed by atoms with E-state index in [4.69, 9.17) is 4.74 Å². The Morgan fingerprint density at radius 1 is 0.923 bits per heavy atom. The number of hydrogen-bond donors (Lipinski definition) is 0. The van der Waals surface area contributed by atoms with Crippen LogP contribution in [0.25, 0.3) is 0 Å². The average molecular weight is 352 g/mol. The number of rotatable bonds is 6. The molecule has 0 atom stereocenters. The molecule has 2 aromatic carbocycles. The van der Waals surface area contributed by atoms with Gasteiger partial charge in [0.25, 0.3) is 0 Å². The van der Waals surface area contributed by atoms with Gasteiger partial charge in [-0.3, -0.25) is 9.69 Å². The fraction of sp³-hybridized carbons (Fsp3) is 0.409. The normalized spacial score (nSPS) is 15.3. The number of piperazine rings is 1. The summed E-state index contributed by atoms with van der Waals surface area (Å²) in [7, 11) is 0. The molecule has 1 aliphatic rings. The third kappa shape index (κ3) is 5.33. The Hall–Kier alpha value is -2.33. The van der Waals surface area contributed by atoms with E-state index in [2.05, 4.69) is 17.0 Å². The maximum absolute atomic E-state index is 12.5. The van der Waals surface area contributed by atoms with Gasteiger partial charge in [0, 0.05) is 32.7 Å². The quantitative estimate of drug-likeness (QED) is 0.799. The summed E-state index contributed by atoms with van der Waals surface area (Å²) >= 11 is 0. The second kappa shape index (κ2) is 8.86. The van der Waals surface area contributed by atoms with Gasteiger partial charge in [0.05, 0.1) is 12.5 Å². The highest BCUT2D eigenvalue weighted by atomic mass is 16.5. The third-order valence-electron chi connectivity index (χ3n) is 4.62. The maximum Gasteiger partial charge on any atom is 0.227 e. The second-order valence-electron chi connectivity index (χ2n) is 7.13. The van der Waals surface area contributed by atoms with Gasteiger partial charge in [-0.1, -0.05) is 42.5 Å². The first-order valence-electron chi connectivity index (χ1n) is 9.40. The Labute approximate surface area is 156 Å². The number of hydrogen-bond acceptors (Lipinski definition) is 3. The van der Waals surface area contributed by atoms with Crippen molar-refractivity contribution in [2.75, 3.05) is 26.2 Å². The SMILES string of the molecule is CC(C)Oc1ccc(CN2CCN(C(=O)Cc3ccccc3)CC2)cc1. The van der Waals surface area contributed by atoms with E-state index in [1.165, 1.54) is 5.56 Å². The van der Waals surface area contributed by atoms with E-state index in [9.17, 15) is 4.79 Å². The summed E-state index contributed by atoms with van der Waals surface area (Å²) in [5.41, 5.74) is 2.37. The molecule has 1 amide bonds. The molecule has 0 saturated carbocycles. The number of carbonyl (C=O) groups is 1. The minimum absolute atomic E-state index is 0.197. The molecular weight excluding hydrogens is 324 g/mol. The van der Waals surface area contributed by atoms with Gasteiger partial charge in [0.15, 0.2) is 0 Å². The van der Waals surface area contributed by atoms with Gasteiger partial charge < -0.3 is 9.64 Å². The maximum atomic E-state index is 12.5. The number of ether oxygens (including phenoxy) is 1. The van der Waals surface area contributed by atoms with Crippen molar-refractivity contribution in [1.29, 1.82) is 0 Å². The molecular formula is C22H28N2O2. The standard InChI is InChI=1S/C22H28N2O2/c1-18(2)26-21-10-8-20(9-11-21)17-23-12-14-24(15-13-23)22(25)16-19-6-4-3-5-7-19/h3-11,18H,12-17H2,1-2H3. The molecule has 0 spiro atoms. The topological polar surface area (TPSA) is 32.8 Å². The summed E-state index contributed by atoms with van der Waals surface area (Å²) in [4.78, 5) is 16.8. The van der Waals surface area contributed by atoms with Crippen LogP contribution in [0.4, 0.5) is 0 Å². The number of amides is 1. The largest absolute Gasteiger partial charge is 0.491 e. The van der Waals surface area contributed by atoms with Crippen LogP contribution in [0.5, 0.6) is 5.75 Å². The number of carbonyl (C=O) groups excluding carboxylic acids is 1. The van der Waals surface area contributed by atoms with Crippen LogP contribution >= 0.6 is 0 Å². The van der Waals surface area contributed by atoms with Crippen molar-refractivity contribution in [1.82, 2.24) is 9.80 Å². The molecule has 2 aromatic rings. The fourth-order valence-electron chi connectivity index (χ4n) is 3.24. The van der Waals surface area contributed by atoms with E-state index in [1.807, 2.05) is 61.2 Å². The van der Waals surface area contributed by atoms with Crippen LogP contribution in [0.15, 0.2) is 54.6 Å². The Morgan fingerprint density at radius 3 is 2.19 bits per heavy atom. The minimum Gasteiger partial charge on any atom is -0.491 e. The van der Waals surface area contributed by atoms with Crippen LogP contribution in [-0.4, -0.2) is 48.0 Å². The van der Waals surface area contributed by atoms with Gasteiger partial charge in [0.2, 0.25) is 5.91 Å². The van der Waals surface area contributed by atoms with E-state index >= 15 is 0 Å². The molecule has 1 saturated heterocycles. The molecule has 1 heterocycles. The van der Waals surface area contributed by atoms with Crippen LogP contribution in [0.3, 0.4) is 0 Å². The zero-order valence-corrected chi connectivity index (χ0v) is 15.7. The van der Waals surface area contributed by atoms with Crippen molar-refractivity contribution in [3.05, 3.63) is 65.7 Å². The Balaban J connectivity index is 1.45. The van der Waals surface area contributed by atoms with Crippen molar-refractivity contribution in [3.8, 4) is 5.75 Å². The summed E-state index contributed by atoms with van der Waals surface area (Å²) in [5.74, 6) is 1.14. The minimum atomic E-state index is 0.197. The first-order valence-corrected chi connectivity index (χ1v) is 9.40. The van der Waals surface area contributed by atoms with E-state index in [0.29, 0.717) is 6.42 Å². The monoisotopic (exact) mass is 352 g/mol. The van der Waals surface area contributed by atoms with Gasteiger partial charge in [-0.2, -0.15) is 0 Å². The zero-order valence-electron chi connectivity index (χ0n) is 15.7. The molecule has 0 aliphatic carbocycles. The van der Waals surface area contributed by atoms with Crippen LogP contribution in [0.2, 0.25) is 0 Å². The molecule has 3 rings (SSSR count). The summed E-state index contributed by atoms with van der Waals surface area (Å²) < 4.78 is 5.69. The lowest BCUT2D eigenvalue weighted by molar-refractivity contribution is -0.132. The molecule has 4 nitrogen and oxygen atoms in total. The number of nitrogens with zero attached hydrogens (tertiary/aromatic N) is 2. The van der Waals surface area contributed by atoms with Crippen LogP contribution in [0, 0.1) is 0 Å². The third-order valence-corrected chi connectivity index (χ3v) is 4.62. The zero-order chi connectivity index (χ0) is 18.4. The highest BCUT2D eigenvalue weighted by Crippen LogP contribution is 2.16. The van der Waals surface area contributed by atoms with Gasteiger partial charge in [-0.05, 0) is 37.1 Å². The van der Waals surface area contributed by atoms with Crippen molar-refractivity contribution in [3.63, 3.8) is 0 Å². The fourth-order valence-corrected chi connectivity index (χ4v) is 3.24. The molecule has 26 heavy (non-hydrogen) atoms. The van der Waals surface area contributed by atoms with E-state index < -0.39 is 0 Å². The molecule has 0 bridgehead atoms. The lowest BCUT2D eigenvalue weighted by Gasteiger charge is -2.35. The van der Waals surface area contributed by atoms with E-state index in [-0.39, 0.29) is 12.0 Å². The Bertz CT molecular complexity index is 690. The molecule has 0 N–H and O–H groups in total. The first-order chi connectivity index (χ1) is 12.6. The summed E-state index contributed by atoms with van der Waals surface area (Å²) in [6, 6.07) is 18.3. The lowest BCUT2D eigenvalue weighted by atomic mass is 10.1. The van der Waals surface area contributed by atoms with Gasteiger partial charge in [-0.25, -0.2) is 0 Å². The van der Waals surface area contributed by atoms with Crippen molar-refractivity contribution < 1.29 is 9.53 Å². The van der Waals surface area contributed by atoms with Crippen LogP contribution in [-0.2, 0) is 17.8 Å². The molecule has 4 heteroatoms. The van der Waals surface area contributed by atoms with Crippen LogP contribution < -0.4 is 4.74 Å². The Kier molecular flexibility index (Phi) is 6.29. The van der Waals surface area contributed by atoms with Gasteiger partial charge in [0.1, 0.15) is 5.75 Å². The second-order valence-corrected chi connectivity index (χ2v) is 7.13. The lowest BCUT2D eigenvalue weighted by Crippen LogP contribution is -2.48. The van der Waals surface area contributed by atoms with E-state index in [1.54, 1.807) is 0 Å². The highest BCUT2D eigenvalue weighted by Gasteiger charge is 2.21. The molecule has 0 aromatic heterocycles. The number of benzene rings is 2. The molecule has 1 aliphatic heterocycles. The summed E-state index contributed by atoms with van der Waals surface area (Å²) in [5, 5.41) is 0. The van der Waals surface area contributed by atoms with Gasteiger partial charge >= 0.3 is 0 Å². The van der Waals surface area contributed by atoms with Crippen molar-refractivity contribution >= 4 is 5.91 Å². The highest BCUT2D eigenvalue weighted by molar-refractivity contribution is 5.78. The summed E-state index contributed by atoms with van der Waals surface area (Å²) in [6.45, 7) is 8.44. The van der Waals surface area contributed by atoms with E-state index in [0.717, 1.165) is 44.0 Å². The molecule has 1 fully saturated rings. The van der Waals surface area contributed by atoms with Crippen molar-refractivity contribution in [2.45, 2.75) is 32.9 Å². The average Bonchev–Trinajstić information content (AvgIpc) is 2.64.